The van der Waals surface area contributed by atoms with Crippen LogP contribution >= 0.6 is 11.6 Å². The molecule has 1 N–H and O–H groups in total. The molecule has 0 fully saturated rings. The zero-order valence-electron chi connectivity index (χ0n) is 11.3. The van der Waals surface area contributed by atoms with Gasteiger partial charge in [-0.15, -0.1) is 0 Å². The van der Waals surface area contributed by atoms with E-state index in [1.165, 1.54) is 0 Å². The lowest BCUT2D eigenvalue weighted by Gasteiger charge is -2.11. The Kier molecular flexibility index (Phi) is 6.91. The fourth-order valence-electron chi connectivity index (χ4n) is 1.45. The highest BCUT2D eigenvalue weighted by molar-refractivity contribution is 6.33. The first-order chi connectivity index (χ1) is 8.63. The quantitative estimate of drug-likeness (QED) is 0.729. The molecule has 0 aromatic heterocycles. The predicted octanol–water partition coefficient (Wildman–Crippen LogP) is 3.82. The second-order valence-corrected chi connectivity index (χ2v) is 4.97. The van der Waals surface area contributed by atoms with Gasteiger partial charge in [0.05, 0.1) is 24.4 Å². The largest absolute Gasteiger partial charge is 0.497 e. The molecule has 0 atom stereocenters. The lowest BCUT2D eigenvalue weighted by molar-refractivity contribution is 0.132. The molecule has 0 heterocycles. The molecular formula is C14H22ClNO2. The molecule has 0 radical (unpaired) electrons. The fourth-order valence-corrected chi connectivity index (χ4v) is 1.63. The van der Waals surface area contributed by atoms with Crippen molar-refractivity contribution in [2.75, 3.05) is 32.2 Å². The maximum Gasteiger partial charge on any atom is 0.121 e. The van der Waals surface area contributed by atoms with E-state index in [0.717, 1.165) is 31.0 Å². The Morgan fingerprint density at radius 2 is 2.06 bits per heavy atom. The van der Waals surface area contributed by atoms with E-state index in [2.05, 4.69) is 19.2 Å². The van der Waals surface area contributed by atoms with E-state index in [-0.39, 0.29) is 0 Å². The number of rotatable bonds is 8. The molecule has 0 aliphatic heterocycles. The number of nitrogens with one attached hydrogen (secondary N) is 1. The van der Waals surface area contributed by atoms with Gasteiger partial charge in [0, 0.05) is 19.2 Å². The van der Waals surface area contributed by atoms with Crippen LogP contribution in [0, 0.1) is 5.92 Å². The van der Waals surface area contributed by atoms with Crippen molar-refractivity contribution in [1.29, 1.82) is 0 Å². The third-order valence-corrected chi connectivity index (χ3v) is 2.90. The van der Waals surface area contributed by atoms with E-state index in [0.29, 0.717) is 17.5 Å². The molecule has 102 valence electrons. The first kappa shape index (κ1) is 15.1. The average Bonchev–Trinajstić information content (AvgIpc) is 2.35. The summed E-state index contributed by atoms with van der Waals surface area (Å²) in [7, 11) is 1.64. The summed E-state index contributed by atoms with van der Waals surface area (Å²) in [6.45, 7) is 6.62. The molecule has 0 aliphatic rings. The van der Waals surface area contributed by atoms with Crippen molar-refractivity contribution in [2.45, 2.75) is 20.3 Å². The maximum absolute atomic E-state index is 6.08. The standard InChI is InChI=1S/C14H22ClNO2/c1-11(2)6-8-18-9-7-16-14-10-12(17-3)4-5-13(14)15/h4-5,10-11,16H,6-9H2,1-3H3. The van der Waals surface area contributed by atoms with Gasteiger partial charge in [0.2, 0.25) is 0 Å². The highest BCUT2D eigenvalue weighted by Crippen LogP contribution is 2.26. The smallest absolute Gasteiger partial charge is 0.121 e. The third kappa shape index (κ3) is 5.61. The molecule has 4 heteroatoms. The lowest BCUT2D eigenvalue weighted by atomic mass is 10.1. The Hall–Kier alpha value is -0.930. The Labute approximate surface area is 114 Å². The molecule has 0 spiro atoms. The van der Waals surface area contributed by atoms with Crippen molar-refractivity contribution in [2.24, 2.45) is 5.92 Å². The Morgan fingerprint density at radius 3 is 2.72 bits per heavy atom. The van der Waals surface area contributed by atoms with Crippen molar-refractivity contribution >= 4 is 17.3 Å². The molecule has 0 bridgehead atoms. The van der Waals surface area contributed by atoms with E-state index >= 15 is 0 Å². The Morgan fingerprint density at radius 1 is 1.28 bits per heavy atom. The van der Waals surface area contributed by atoms with Crippen LogP contribution in [-0.4, -0.2) is 26.9 Å². The molecule has 0 aliphatic carbocycles. The highest BCUT2D eigenvalue weighted by Gasteiger charge is 2.01. The highest BCUT2D eigenvalue weighted by atomic mass is 35.5. The maximum atomic E-state index is 6.08. The number of benzene rings is 1. The third-order valence-electron chi connectivity index (χ3n) is 2.57. The van der Waals surface area contributed by atoms with Crippen LogP contribution in [-0.2, 0) is 4.74 Å². The number of hydrogen-bond donors (Lipinski definition) is 1. The average molecular weight is 272 g/mol. The van der Waals surface area contributed by atoms with Gasteiger partial charge in [0.15, 0.2) is 0 Å². The van der Waals surface area contributed by atoms with E-state index in [1.54, 1.807) is 7.11 Å². The number of halogens is 1. The van der Waals surface area contributed by atoms with E-state index in [4.69, 9.17) is 21.1 Å². The molecule has 0 saturated heterocycles. The van der Waals surface area contributed by atoms with Gasteiger partial charge in [-0.05, 0) is 24.5 Å². The second-order valence-electron chi connectivity index (χ2n) is 4.57. The monoisotopic (exact) mass is 271 g/mol. The first-order valence-electron chi connectivity index (χ1n) is 6.28. The summed E-state index contributed by atoms with van der Waals surface area (Å²) >= 11 is 6.08. The summed E-state index contributed by atoms with van der Waals surface area (Å²) in [6, 6.07) is 5.55. The van der Waals surface area contributed by atoms with E-state index in [9.17, 15) is 0 Å². The van der Waals surface area contributed by atoms with Crippen LogP contribution in [0.2, 0.25) is 5.02 Å². The van der Waals surface area contributed by atoms with Gasteiger partial charge in [-0.2, -0.15) is 0 Å². The summed E-state index contributed by atoms with van der Waals surface area (Å²) in [5.74, 6) is 1.48. The van der Waals surface area contributed by atoms with Crippen LogP contribution in [0.5, 0.6) is 5.75 Å². The van der Waals surface area contributed by atoms with Crippen LogP contribution in [0.25, 0.3) is 0 Å². The summed E-state index contributed by atoms with van der Waals surface area (Å²) in [6.07, 6.45) is 1.10. The van der Waals surface area contributed by atoms with Crippen LogP contribution in [0.1, 0.15) is 20.3 Å². The van der Waals surface area contributed by atoms with Gasteiger partial charge >= 0.3 is 0 Å². The molecule has 1 aromatic carbocycles. The predicted molar refractivity (Wildman–Crippen MR) is 76.8 cm³/mol. The van der Waals surface area contributed by atoms with E-state index in [1.807, 2.05) is 18.2 Å². The molecular weight excluding hydrogens is 250 g/mol. The van der Waals surface area contributed by atoms with Gasteiger partial charge < -0.3 is 14.8 Å². The summed E-state index contributed by atoms with van der Waals surface area (Å²) in [4.78, 5) is 0. The van der Waals surface area contributed by atoms with Crippen molar-refractivity contribution in [1.82, 2.24) is 0 Å². The minimum Gasteiger partial charge on any atom is -0.497 e. The topological polar surface area (TPSA) is 30.5 Å². The van der Waals surface area contributed by atoms with Crippen LogP contribution in [0.15, 0.2) is 18.2 Å². The van der Waals surface area contributed by atoms with Crippen molar-refractivity contribution in [3.63, 3.8) is 0 Å². The van der Waals surface area contributed by atoms with Crippen LogP contribution in [0.4, 0.5) is 5.69 Å². The molecule has 0 amide bonds. The number of ether oxygens (including phenoxy) is 2. The Balaban J connectivity index is 2.26. The van der Waals surface area contributed by atoms with Gasteiger partial charge in [0.1, 0.15) is 5.75 Å². The summed E-state index contributed by atoms with van der Waals surface area (Å²) < 4.78 is 10.7. The molecule has 18 heavy (non-hydrogen) atoms. The van der Waals surface area contributed by atoms with E-state index < -0.39 is 0 Å². The van der Waals surface area contributed by atoms with Crippen molar-refractivity contribution < 1.29 is 9.47 Å². The number of methoxy groups -OCH3 is 1. The fraction of sp³-hybridized carbons (Fsp3) is 0.571. The zero-order chi connectivity index (χ0) is 13.4. The SMILES string of the molecule is COc1ccc(Cl)c(NCCOCCC(C)C)c1. The molecule has 0 saturated carbocycles. The van der Waals surface area contributed by atoms with Gasteiger partial charge in [-0.1, -0.05) is 25.4 Å². The number of anilines is 1. The van der Waals surface area contributed by atoms with Crippen molar-refractivity contribution in [3.05, 3.63) is 23.2 Å². The van der Waals surface area contributed by atoms with Crippen LogP contribution in [0.3, 0.4) is 0 Å². The van der Waals surface area contributed by atoms with Crippen molar-refractivity contribution in [3.8, 4) is 5.75 Å². The second kappa shape index (κ2) is 8.22. The summed E-state index contributed by atoms with van der Waals surface area (Å²) in [5, 5.41) is 3.93. The molecule has 3 nitrogen and oxygen atoms in total. The minimum atomic E-state index is 0.681. The van der Waals surface area contributed by atoms with Gasteiger partial charge in [-0.3, -0.25) is 0 Å². The zero-order valence-corrected chi connectivity index (χ0v) is 12.1. The normalized spacial score (nSPS) is 10.7. The number of hydrogen-bond acceptors (Lipinski definition) is 3. The van der Waals surface area contributed by atoms with Crippen LogP contribution < -0.4 is 10.1 Å². The molecule has 1 aromatic rings. The summed E-state index contributed by atoms with van der Waals surface area (Å²) in [5.41, 5.74) is 0.878. The minimum absolute atomic E-state index is 0.681. The van der Waals surface area contributed by atoms with Gasteiger partial charge in [-0.25, -0.2) is 0 Å². The van der Waals surface area contributed by atoms with Gasteiger partial charge in [0.25, 0.3) is 0 Å². The molecule has 0 unspecified atom stereocenters. The Bertz CT molecular complexity index is 356. The molecule has 1 rings (SSSR count). The first-order valence-corrected chi connectivity index (χ1v) is 6.66. The lowest BCUT2D eigenvalue weighted by Crippen LogP contribution is -2.11.